The lowest BCUT2D eigenvalue weighted by Crippen LogP contribution is -2.06. The molecule has 3 aromatic rings. The van der Waals surface area contributed by atoms with Gasteiger partial charge in [0.25, 0.3) is 0 Å². The molecule has 23 heavy (non-hydrogen) atoms. The molecule has 0 saturated carbocycles. The molecule has 2 aromatic carbocycles. The van der Waals surface area contributed by atoms with E-state index in [1.165, 1.54) is 13.2 Å². The average Bonchev–Trinajstić information content (AvgIpc) is 2.95. The van der Waals surface area contributed by atoms with Crippen LogP contribution in [0.2, 0.25) is 0 Å². The van der Waals surface area contributed by atoms with Crippen LogP contribution in [0.1, 0.15) is 15.9 Å². The third-order valence-corrected chi connectivity index (χ3v) is 3.74. The molecule has 0 amide bonds. The number of halogens is 1. The van der Waals surface area contributed by atoms with Gasteiger partial charge in [-0.3, -0.25) is 4.68 Å². The number of aromatic nitrogens is 2. The number of rotatable bonds is 4. The van der Waals surface area contributed by atoms with Crippen molar-refractivity contribution in [2.45, 2.75) is 6.54 Å². The average molecular weight is 313 g/mol. The second-order valence-electron chi connectivity index (χ2n) is 5.16. The zero-order valence-electron chi connectivity index (χ0n) is 12.8. The van der Waals surface area contributed by atoms with Gasteiger partial charge in [0, 0.05) is 30.2 Å². The number of hydrogen-bond donors (Lipinski definition) is 1. The van der Waals surface area contributed by atoms with E-state index < -0.39 is 11.8 Å². The molecule has 5 nitrogen and oxygen atoms in total. The van der Waals surface area contributed by atoms with Crippen LogP contribution in [0, 0.1) is 5.82 Å². The number of carbonyl (C=O) groups is 1. The van der Waals surface area contributed by atoms with Crippen LogP contribution in [-0.4, -0.2) is 22.9 Å². The molecule has 0 aliphatic carbocycles. The molecule has 118 valence electrons. The summed E-state index contributed by atoms with van der Waals surface area (Å²) in [7, 11) is 3.14. The molecule has 1 heterocycles. The molecule has 0 saturated heterocycles. The summed E-state index contributed by atoms with van der Waals surface area (Å²) in [6.07, 6.45) is 1.77. The fraction of sp³-hybridized carbons (Fsp3) is 0.176. The summed E-state index contributed by atoms with van der Waals surface area (Å²) in [6, 6.07) is 10.1. The first-order valence-corrected chi connectivity index (χ1v) is 7.11. The van der Waals surface area contributed by atoms with Gasteiger partial charge < -0.3 is 10.1 Å². The van der Waals surface area contributed by atoms with Gasteiger partial charge in [0.05, 0.1) is 24.4 Å². The van der Waals surface area contributed by atoms with Gasteiger partial charge in [-0.2, -0.15) is 5.10 Å². The summed E-state index contributed by atoms with van der Waals surface area (Å²) >= 11 is 0. The predicted octanol–water partition coefficient (Wildman–Crippen LogP) is 3.11. The van der Waals surface area contributed by atoms with Crippen molar-refractivity contribution in [2.24, 2.45) is 7.05 Å². The van der Waals surface area contributed by atoms with Crippen LogP contribution in [0.5, 0.6) is 0 Å². The topological polar surface area (TPSA) is 56.1 Å². The molecule has 0 fully saturated rings. The van der Waals surface area contributed by atoms with Crippen LogP contribution in [-0.2, 0) is 18.3 Å². The molecule has 0 atom stereocenters. The number of ether oxygens (including phenoxy) is 1. The smallest absolute Gasteiger partial charge is 0.337 e. The summed E-state index contributed by atoms with van der Waals surface area (Å²) in [5.74, 6) is -0.998. The Bertz CT molecular complexity index is 873. The molecule has 0 bridgehead atoms. The van der Waals surface area contributed by atoms with E-state index in [9.17, 15) is 9.18 Å². The molecular weight excluding hydrogens is 297 g/mol. The Hall–Kier alpha value is -2.89. The van der Waals surface area contributed by atoms with Crippen molar-refractivity contribution in [1.82, 2.24) is 9.78 Å². The fourth-order valence-electron chi connectivity index (χ4n) is 2.46. The number of benzene rings is 2. The zero-order valence-corrected chi connectivity index (χ0v) is 12.8. The minimum Gasteiger partial charge on any atom is -0.465 e. The lowest BCUT2D eigenvalue weighted by atomic mass is 10.1. The van der Waals surface area contributed by atoms with Gasteiger partial charge in [-0.15, -0.1) is 0 Å². The minimum absolute atomic E-state index is 0.197. The lowest BCUT2D eigenvalue weighted by Gasteiger charge is -2.09. The minimum atomic E-state index is -0.552. The molecule has 1 aromatic heterocycles. The molecule has 1 N–H and O–H groups in total. The second kappa shape index (κ2) is 6.08. The van der Waals surface area contributed by atoms with Crippen LogP contribution >= 0.6 is 0 Å². The molecule has 0 spiro atoms. The van der Waals surface area contributed by atoms with Crippen molar-refractivity contribution < 1.29 is 13.9 Å². The van der Waals surface area contributed by atoms with Gasteiger partial charge in [-0.25, -0.2) is 9.18 Å². The van der Waals surface area contributed by atoms with E-state index in [2.05, 4.69) is 15.2 Å². The number of carbonyl (C=O) groups excluding carboxylic acids is 1. The predicted molar refractivity (Wildman–Crippen MR) is 85.8 cm³/mol. The highest BCUT2D eigenvalue weighted by Crippen LogP contribution is 2.23. The van der Waals surface area contributed by atoms with E-state index in [4.69, 9.17) is 0 Å². The number of aryl methyl sites for hydroxylation is 1. The van der Waals surface area contributed by atoms with Gasteiger partial charge >= 0.3 is 5.97 Å². The summed E-state index contributed by atoms with van der Waals surface area (Å²) in [5, 5.41) is 8.41. The maximum Gasteiger partial charge on any atom is 0.337 e. The standard InChI is InChI=1S/C17H16FN3O2/c1-21-16-5-3-4-15(13(16)10-20-21)19-9-12-7-6-11(8-14(12)18)17(22)23-2/h3-8,10,19H,9H2,1-2H3. The Morgan fingerprint density at radius 2 is 2.17 bits per heavy atom. The number of anilines is 1. The SMILES string of the molecule is COC(=O)c1ccc(CNc2cccc3c2cnn3C)c(F)c1. The molecule has 3 rings (SSSR count). The van der Waals surface area contributed by atoms with Crippen LogP contribution < -0.4 is 5.32 Å². The summed E-state index contributed by atoms with van der Waals surface area (Å²) < 4.78 is 20.5. The van der Waals surface area contributed by atoms with Gasteiger partial charge in [-0.1, -0.05) is 12.1 Å². The van der Waals surface area contributed by atoms with Gasteiger partial charge in [0.2, 0.25) is 0 Å². The zero-order chi connectivity index (χ0) is 16.4. The van der Waals surface area contributed by atoms with E-state index in [0.717, 1.165) is 16.6 Å². The highest BCUT2D eigenvalue weighted by atomic mass is 19.1. The Balaban J connectivity index is 1.81. The number of nitrogens with one attached hydrogen (secondary N) is 1. The van der Waals surface area contributed by atoms with Crippen molar-refractivity contribution in [2.75, 3.05) is 12.4 Å². The summed E-state index contributed by atoms with van der Waals surface area (Å²) in [6.45, 7) is 0.307. The Labute approximate surface area is 132 Å². The van der Waals surface area contributed by atoms with Crippen molar-refractivity contribution in [3.8, 4) is 0 Å². The molecule has 0 unspecified atom stereocenters. The van der Waals surface area contributed by atoms with Crippen molar-refractivity contribution in [1.29, 1.82) is 0 Å². The Morgan fingerprint density at radius 3 is 2.91 bits per heavy atom. The van der Waals surface area contributed by atoms with E-state index >= 15 is 0 Å². The van der Waals surface area contributed by atoms with Crippen molar-refractivity contribution in [3.63, 3.8) is 0 Å². The Morgan fingerprint density at radius 1 is 1.35 bits per heavy atom. The monoisotopic (exact) mass is 313 g/mol. The van der Waals surface area contributed by atoms with E-state index in [1.54, 1.807) is 23.0 Å². The first-order valence-electron chi connectivity index (χ1n) is 7.11. The highest BCUT2D eigenvalue weighted by molar-refractivity contribution is 5.91. The quantitative estimate of drug-likeness (QED) is 0.752. The molecule has 0 aliphatic rings. The number of esters is 1. The van der Waals surface area contributed by atoms with Gasteiger partial charge in [-0.05, 0) is 24.3 Å². The maximum absolute atomic E-state index is 14.1. The van der Waals surface area contributed by atoms with Crippen LogP contribution in [0.3, 0.4) is 0 Å². The number of nitrogens with zero attached hydrogens (tertiary/aromatic N) is 2. The number of hydrogen-bond acceptors (Lipinski definition) is 4. The fourth-order valence-corrected chi connectivity index (χ4v) is 2.46. The van der Waals surface area contributed by atoms with Crippen LogP contribution in [0.4, 0.5) is 10.1 Å². The molecule has 0 radical (unpaired) electrons. The van der Waals surface area contributed by atoms with Gasteiger partial charge in [0.15, 0.2) is 0 Å². The summed E-state index contributed by atoms with van der Waals surface area (Å²) in [5.41, 5.74) is 2.55. The normalized spacial score (nSPS) is 10.7. The second-order valence-corrected chi connectivity index (χ2v) is 5.16. The molecule has 0 aliphatic heterocycles. The number of methoxy groups -OCH3 is 1. The van der Waals surface area contributed by atoms with Crippen molar-refractivity contribution in [3.05, 3.63) is 59.5 Å². The Kier molecular flexibility index (Phi) is 3.97. The van der Waals surface area contributed by atoms with Crippen molar-refractivity contribution >= 4 is 22.6 Å². The maximum atomic E-state index is 14.1. The summed E-state index contributed by atoms with van der Waals surface area (Å²) in [4.78, 5) is 11.4. The third kappa shape index (κ3) is 2.88. The first-order chi connectivity index (χ1) is 11.1. The third-order valence-electron chi connectivity index (χ3n) is 3.74. The van der Waals surface area contributed by atoms with E-state index in [0.29, 0.717) is 12.1 Å². The van der Waals surface area contributed by atoms with E-state index in [1.807, 2.05) is 25.2 Å². The van der Waals surface area contributed by atoms with Gasteiger partial charge in [0.1, 0.15) is 5.82 Å². The van der Waals surface area contributed by atoms with Crippen LogP contribution in [0.15, 0.2) is 42.6 Å². The first kappa shape index (κ1) is 15.0. The molecular formula is C17H16FN3O2. The highest BCUT2D eigenvalue weighted by Gasteiger charge is 2.10. The molecule has 6 heteroatoms. The lowest BCUT2D eigenvalue weighted by molar-refractivity contribution is 0.0600. The largest absolute Gasteiger partial charge is 0.465 e. The van der Waals surface area contributed by atoms with E-state index in [-0.39, 0.29) is 5.56 Å². The number of fused-ring (bicyclic) bond motifs is 1. The van der Waals surface area contributed by atoms with Crippen LogP contribution in [0.25, 0.3) is 10.9 Å².